The third-order valence-corrected chi connectivity index (χ3v) is 4.16. The number of rotatable bonds is 5. The van der Waals surface area contributed by atoms with Crippen molar-refractivity contribution >= 4 is 35.2 Å². The van der Waals surface area contributed by atoms with Crippen LogP contribution in [0.3, 0.4) is 0 Å². The summed E-state index contributed by atoms with van der Waals surface area (Å²) in [5.41, 5.74) is 18.0. The van der Waals surface area contributed by atoms with Crippen LogP contribution in [0.5, 0.6) is 0 Å². The molecule has 2 rings (SSSR count). The van der Waals surface area contributed by atoms with Crippen molar-refractivity contribution in [1.82, 2.24) is 0 Å². The third kappa shape index (κ3) is 4.70. The topological polar surface area (TPSA) is 58.5 Å². The molecule has 0 saturated heterocycles. The van der Waals surface area contributed by atoms with Gasteiger partial charge in [0.05, 0.1) is 0 Å². The molecule has 0 heterocycles. The molecule has 0 aromatic heterocycles. The Kier molecular flexibility index (Phi) is 6.58. The lowest BCUT2D eigenvalue weighted by Crippen LogP contribution is -2.30. The first-order valence-electron chi connectivity index (χ1n) is 7.53. The predicted molar refractivity (Wildman–Crippen MR) is 105 cm³/mol. The van der Waals surface area contributed by atoms with E-state index >= 15 is 0 Å². The molecule has 2 aromatic carbocycles. The highest BCUT2D eigenvalue weighted by Crippen LogP contribution is 2.21. The fourth-order valence-corrected chi connectivity index (χ4v) is 2.35. The molecule has 0 fully saturated rings. The van der Waals surface area contributed by atoms with Gasteiger partial charge in [-0.15, -0.1) is 12.4 Å². The van der Waals surface area contributed by atoms with E-state index in [1.54, 1.807) is 0 Å². The van der Waals surface area contributed by atoms with Crippen LogP contribution < -0.4 is 21.3 Å². The number of nitrogens with zero attached hydrogens (tertiary/aromatic N) is 2. The zero-order chi connectivity index (χ0) is 16.3. The summed E-state index contributed by atoms with van der Waals surface area (Å²) < 4.78 is 0. The largest absolute Gasteiger partial charge is 0.399 e. The Morgan fingerprint density at radius 2 is 1.09 bits per heavy atom. The van der Waals surface area contributed by atoms with E-state index in [4.69, 9.17) is 11.5 Å². The van der Waals surface area contributed by atoms with Gasteiger partial charge in [-0.3, -0.25) is 0 Å². The molecule has 0 spiro atoms. The summed E-state index contributed by atoms with van der Waals surface area (Å²) in [7, 11) is 4.21. The Morgan fingerprint density at radius 1 is 0.739 bits per heavy atom. The van der Waals surface area contributed by atoms with Gasteiger partial charge in [0.2, 0.25) is 0 Å². The number of hydrogen-bond acceptors (Lipinski definition) is 4. The summed E-state index contributed by atoms with van der Waals surface area (Å²) in [5.74, 6) is 0. The van der Waals surface area contributed by atoms with Crippen molar-refractivity contribution in [2.75, 3.05) is 48.5 Å². The summed E-state index contributed by atoms with van der Waals surface area (Å²) in [5, 5.41) is 0. The van der Waals surface area contributed by atoms with Crippen molar-refractivity contribution in [3.63, 3.8) is 0 Å². The third-order valence-electron chi connectivity index (χ3n) is 4.16. The molecule has 0 bridgehead atoms. The second-order valence-electron chi connectivity index (χ2n) is 5.92. The number of halogens is 1. The maximum Gasteiger partial charge on any atom is 0.0368 e. The van der Waals surface area contributed by atoms with E-state index in [-0.39, 0.29) is 12.4 Å². The van der Waals surface area contributed by atoms with Crippen LogP contribution in [0.25, 0.3) is 0 Å². The molecule has 0 unspecified atom stereocenters. The minimum atomic E-state index is 0. The van der Waals surface area contributed by atoms with Crippen LogP contribution in [0.2, 0.25) is 0 Å². The number of anilines is 4. The van der Waals surface area contributed by atoms with Crippen LogP contribution in [-0.4, -0.2) is 27.2 Å². The smallest absolute Gasteiger partial charge is 0.0368 e. The summed E-state index contributed by atoms with van der Waals surface area (Å²) in [6, 6.07) is 12.3. The lowest BCUT2D eigenvalue weighted by molar-refractivity contribution is 0.832. The summed E-state index contributed by atoms with van der Waals surface area (Å²) in [4.78, 5) is 4.49. The van der Waals surface area contributed by atoms with Gasteiger partial charge in [0.25, 0.3) is 0 Å². The highest BCUT2D eigenvalue weighted by atomic mass is 35.5. The van der Waals surface area contributed by atoms with Gasteiger partial charge >= 0.3 is 0 Å². The predicted octanol–water partition coefficient (Wildman–Crippen LogP) is 3.46. The molecule has 0 radical (unpaired) electrons. The van der Waals surface area contributed by atoms with Crippen LogP contribution in [0, 0.1) is 13.8 Å². The zero-order valence-corrected chi connectivity index (χ0v) is 15.2. The van der Waals surface area contributed by atoms with Crippen LogP contribution >= 0.6 is 12.4 Å². The van der Waals surface area contributed by atoms with Gasteiger partial charge in [0.1, 0.15) is 0 Å². The first-order valence-corrected chi connectivity index (χ1v) is 7.53. The van der Waals surface area contributed by atoms with Crippen molar-refractivity contribution in [3.05, 3.63) is 47.5 Å². The molecule has 0 amide bonds. The van der Waals surface area contributed by atoms with E-state index in [9.17, 15) is 0 Å². The molecular weight excluding hydrogens is 308 g/mol. The molecule has 0 aliphatic rings. The number of benzene rings is 2. The van der Waals surface area contributed by atoms with Crippen molar-refractivity contribution in [2.45, 2.75) is 13.8 Å². The molecule has 23 heavy (non-hydrogen) atoms. The SMILES string of the molecule is Cc1cc(N(C)CCN(C)c2ccc(N)c(C)c2)ccc1N.Cl. The maximum atomic E-state index is 5.88. The van der Waals surface area contributed by atoms with Crippen LogP contribution in [-0.2, 0) is 0 Å². The average molecular weight is 335 g/mol. The average Bonchev–Trinajstić information content (AvgIpc) is 2.50. The van der Waals surface area contributed by atoms with Crippen LogP contribution in [0.4, 0.5) is 22.7 Å². The molecule has 4 nitrogen and oxygen atoms in total. The number of hydrogen-bond donors (Lipinski definition) is 2. The molecule has 126 valence electrons. The molecular formula is C18H27ClN4. The van der Waals surface area contributed by atoms with Gasteiger partial charge in [-0.2, -0.15) is 0 Å². The monoisotopic (exact) mass is 334 g/mol. The Morgan fingerprint density at radius 3 is 1.39 bits per heavy atom. The highest BCUT2D eigenvalue weighted by Gasteiger charge is 2.06. The van der Waals surface area contributed by atoms with E-state index < -0.39 is 0 Å². The number of nitrogens with two attached hydrogens (primary N) is 2. The zero-order valence-electron chi connectivity index (χ0n) is 14.3. The van der Waals surface area contributed by atoms with E-state index in [2.05, 4.69) is 48.2 Å². The van der Waals surface area contributed by atoms with Gasteiger partial charge in [0.15, 0.2) is 0 Å². The first kappa shape index (κ1) is 19.0. The molecule has 5 heteroatoms. The van der Waals surface area contributed by atoms with E-state index in [0.29, 0.717) is 0 Å². The van der Waals surface area contributed by atoms with E-state index in [1.165, 1.54) is 11.4 Å². The molecule has 0 atom stereocenters. The fraction of sp³-hybridized carbons (Fsp3) is 0.333. The molecule has 4 N–H and O–H groups in total. The number of nitrogen functional groups attached to an aromatic ring is 2. The minimum Gasteiger partial charge on any atom is -0.399 e. The summed E-state index contributed by atoms with van der Waals surface area (Å²) >= 11 is 0. The molecule has 2 aromatic rings. The number of likely N-dealkylation sites (N-methyl/N-ethyl adjacent to an activating group) is 2. The quantitative estimate of drug-likeness (QED) is 0.822. The highest BCUT2D eigenvalue weighted by molar-refractivity contribution is 5.85. The Balaban J connectivity index is 0.00000264. The van der Waals surface area contributed by atoms with E-state index in [1.807, 2.05) is 26.0 Å². The second kappa shape index (κ2) is 7.97. The maximum absolute atomic E-state index is 5.88. The first-order chi connectivity index (χ1) is 10.4. The fourth-order valence-electron chi connectivity index (χ4n) is 2.35. The van der Waals surface area contributed by atoms with Gasteiger partial charge < -0.3 is 21.3 Å². The minimum absolute atomic E-state index is 0. The van der Waals surface area contributed by atoms with Crippen molar-refractivity contribution < 1.29 is 0 Å². The Bertz CT molecular complexity index is 600. The summed E-state index contributed by atoms with van der Waals surface area (Å²) in [6.07, 6.45) is 0. The Labute approximate surface area is 145 Å². The lowest BCUT2D eigenvalue weighted by atomic mass is 10.1. The number of aryl methyl sites for hydroxylation is 2. The standard InChI is InChI=1S/C18H26N4.ClH/c1-13-11-15(5-7-17(13)19)21(3)9-10-22(4)16-6-8-18(20)14(2)12-16;/h5-8,11-12H,9-10,19-20H2,1-4H3;1H. The molecule has 0 aliphatic carbocycles. The summed E-state index contributed by atoms with van der Waals surface area (Å²) in [6.45, 7) is 5.94. The second-order valence-corrected chi connectivity index (χ2v) is 5.92. The van der Waals surface area contributed by atoms with Crippen LogP contribution in [0.15, 0.2) is 36.4 Å². The Hall–Kier alpha value is -2.07. The molecule has 0 aliphatic heterocycles. The normalized spacial score (nSPS) is 10.1. The lowest BCUT2D eigenvalue weighted by Gasteiger charge is -2.26. The van der Waals surface area contributed by atoms with Crippen molar-refractivity contribution in [1.29, 1.82) is 0 Å². The molecule has 0 saturated carbocycles. The van der Waals surface area contributed by atoms with Gasteiger partial charge in [-0.05, 0) is 61.4 Å². The van der Waals surface area contributed by atoms with Crippen molar-refractivity contribution in [2.24, 2.45) is 0 Å². The van der Waals surface area contributed by atoms with Gasteiger partial charge in [0, 0.05) is 49.9 Å². The van der Waals surface area contributed by atoms with Crippen molar-refractivity contribution in [3.8, 4) is 0 Å². The van der Waals surface area contributed by atoms with Crippen LogP contribution in [0.1, 0.15) is 11.1 Å². The van der Waals surface area contributed by atoms with Gasteiger partial charge in [-0.1, -0.05) is 0 Å². The van der Waals surface area contributed by atoms with E-state index in [0.717, 1.165) is 35.6 Å². The van der Waals surface area contributed by atoms with Gasteiger partial charge in [-0.25, -0.2) is 0 Å².